The number of hydrogen-bond acceptors (Lipinski definition) is 2. The summed E-state index contributed by atoms with van der Waals surface area (Å²) in [5.74, 6) is 0.762. The van der Waals surface area contributed by atoms with Gasteiger partial charge in [-0.15, -0.1) is 6.58 Å². The van der Waals surface area contributed by atoms with Crippen molar-refractivity contribution in [3.05, 3.63) is 12.7 Å². The van der Waals surface area contributed by atoms with Crippen LogP contribution in [0.3, 0.4) is 0 Å². The molecule has 0 radical (unpaired) electrons. The lowest BCUT2D eigenvalue weighted by Gasteiger charge is -2.41. The van der Waals surface area contributed by atoms with Crippen LogP contribution in [0.5, 0.6) is 0 Å². The molecule has 0 aromatic heterocycles. The molecule has 0 aromatic rings. The summed E-state index contributed by atoms with van der Waals surface area (Å²) in [6.45, 7) is 11.4. The minimum Gasteiger partial charge on any atom is -0.300 e. The van der Waals surface area contributed by atoms with Crippen LogP contribution in [0.2, 0.25) is 0 Å². The van der Waals surface area contributed by atoms with Crippen molar-refractivity contribution in [3.63, 3.8) is 0 Å². The third kappa shape index (κ3) is 3.09. The predicted molar refractivity (Wildman–Crippen MR) is 74.3 cm³/mol. The molecule has 0 amide bonds. The topological polar surface area (TPSA) is 34.1 Å². The lowest BCUT2D eigenvalue weighted by molar-refractivity contribution is -0.140. The minimum absolute atomic E-state index is 0.163. The lowest BCUT2D eigenvalue weighted by Crippen LogP contribution is -2.42. The zero-order valence-corrected chi connectivity index (χ0v) is 12.2. The van der Waals surface area contributed by atoms with E-state index in [0.29, 0.717) is 5.78 Å². The van der Waals surface area contributed by atoms with Gasteiger partial charge in [-0.2, -0.15) is 0 Å². The van der Waals surface area contributed by atoms with Gasteiger partial charge in [-0.05, 0) is 39.0 Å². The molecule has 1 fully saturated rings. The van der Waals surface area contributed by atoms with Crippen molar-refractivity contribution >= 4 is 11.6 Å². The van der Waals surface area contributed by atoms with Crippen molar-refractivity contribution < 1.29 is 9.59 Å². The number of rotatable bonds is 4. The predicted octanol–water partition coefficient (Wildman–Crippen LogP) is 3.94. The average Bonchev–Trinajstić information content (AvgIpc) is 2.27. The summed E-state index contributed by atoms with van der Waals surface area (Å²) >= 11 is 0. The Morgan fingerprint density at radius 2 is 1.78 bits per heavy atom. The largest absolute Gasteiger partial charge is 0.300 e. The molecule has 0 spiro atoms. The Hall–Kier alpha value is -0.920. The first-order chi connectivity index (χ1) is 8.23. The Labute approximate surface area is 111 Å². The minimum atomic E-state index is -0.313. The van der Waals surface area contributed by atoms with Crippen molar-refractivity contribution in [2.24, 2.45) is 16.7 Å². The molecule has 1 saturated carbocycles. The van der Waals surface area contributed by atoms with Gasteiger partial charge in [-0.3, -0.25) is 9.59 Å². The van der Waals surface area contributed by atoms with E-state index in [2.05, 4.69) is 6.58 Å². The van der Waals surface area contributed by atoms with E-state index in [1.165, 1.54) is 0 Å². The van der Waals surface area contributed by atoms with Crippen molar-refractivity contribution in [3.8, 4) is 0 Å². The number of hydrogen-bond donors (Lipinski definition) is 0. The van der Waals surface area contributed by atoms with Gasteiger partial charge in [0.15, 0.2) is 0 Å². The molecular weight excluding hydrogens is 224 g/mol. The summed E-state index contributed by atoms with van der Waals surface area (Å²) in [6.07, 6.45) is 5.97. The lowest BCUT2D eigenvalue weighted by atomic mass is 9.61. The number of allylic oxidation sites excluding steroid dienone is 1. The van der Waals surface area contributed by atoms with Crippen LogP contribution in [0.4, 0.5) is 0 Å². The van der Waals surface area contributed by atoms with Gasteiger partial charge in [0.25, 0.3) is 0 Å². The molecule has 0 saturated heterocycles. The van der Waals surface area contributed by atoms with E-state index in [-0.39, 0.29) is 22.5 Å². The van der Waals surface area contributed by atoms with Crippen molar-refractivity contribution in [1.29, 1.82) is 0 Å². The normalized spacial score (nSPS) is 28.8. The third-order valence-corrected chi connectivity index (χ3v) is 4.22. The first-order valence-electron chi connectivity index (χ1n) is 6.89. The Balaban J connectivity index is 2.89. The summed E-state index contributed by atoms with van der Waals surface area (Å²) < 4.78 is 0. The van der Waals surface area contributed by atoms with Crippen LogP contribution in [0.1, 0.15) is 59.8 Å². The molecular formula is C16H26O2. The molecule has 1 rings (SSSR count). The highest BCUT2D eigenvalue weighted by atomic mass is 16.1. The van der Waals surface area contributed by atoms with Gasteiger partial charge in [0.2, 0.25) is 0 Å². The average molecular weight is 250 g/mol. The number of carbonyl (C=O) groups is 2. The van der Waals surface area contributed by atoms with Gasteiger partial charge in [-0.25, -0.2) is 0 Å². The summed E-state index contributed by atoms with van der Waals surface area (Å²) in [6, 6.07) is 0. The highest BCUT2D eigenvalue weighted by Crippen LogP contribution is 2.46. The van der Waals surface area contributed by atoms with Crippen LogP contribution in [0.15, 0.2) is 12.7 Å². The quantitative estimate of drug-likeness (QED) is 0.708. The van der Waals surface area contributed by atoms with Gasteiger partial charge in [0, 0.05) is 16.7 Å². The van der Waals surface area contributed by atoms with E-state index in [1.54, 1.807) is 6.92 Å². The molecule has 0 N–H and O–H groups in total. The van der Waals surface area contributed by atoms with E-state index in [9.17, 15) is 9.59 Å². The first kappa shape index (κ1) is 15.1. The van der Waals surface area contributed by atoms with E-state index in [4.69, 9.17) is 0 Å². The van der Waals surface area contributed by atoms with Gasteiger partial charge in [0.1, 0.15) is 11.6 Å². The molecule has 0 atom stereocenters. The van der Waals surface area contributed by atoms with Crippen LogP contribution in [-0.4, -0.2) is 11.6 Å². The Bertz CT molecular complexity index is 339. The zero-order chi connectivity index (χ0) is 14.0. The molecule has 1 aliphatic carbocycles. The Kier molecular flexibility index (Phi) is 4.52. The second-order valence-corrected chi connectivity index (χ2v) is 6.74. The van der Waals surface area contributed by atoms with Gasteiger partial charge >= 0.3 is 0 Å². The van der Waals surface area contributed by atoms with Crippen molar-refractivity contribution in [1.82, 2.24) is 0 Å². The van der Waals surface area contributed by atoms with Crippen LogP contribution >= 0.6 is 0 Å². The molecule has 18 heavy (non-hydrogen) atoms. The monoisotopic (exact) mass is 250 g/mol. The summed E-state index contributed by atoms with van der Waals surface area (Å²) in [7, 11) is 0. The summed E-state index contributed by atoms with van der Waals surface area (Å²) in [4.78, 5) is 24.1. The van der Waals surface area contributed by atoms with Gasteiger partial charge in [-0.1, -0.05) is 26.8 Å². The van der Waals surface area contributed by atoms with Gasteiger partial charge < -0.3 is 0 Å². The van der Waals surface area contributed by atoms with Gasteiger partial charge in [0.05, 0.1) is 0 Å². The Morgan fingerprint density at radius 3 is 2.11 bits per heavy atom. The molecule has 2 heteroatoms. The standard InChI is InChI=1S/C16H26O2/c1-6-9-16(14(18)15(3,4)5)10-7-13(8-11-16)12(2)17/h6,13H,1,7-11H2,2-5H3. The van der Waals surface area contributed by atoms with Crippen LogP contribution < -0.4 is 0 Å². The maximum Gasteiger partial charge on any atom is 0.144 e. The summed E-state index contributed by atoms with van der Waals surface area (Å²) in [5.41, 5.74) is -0.585. The van der Waals surface area contributed by atoms with Crippen molar-refractivity contribution in [2.45, 2.75) is 59.8 Å². The molecule has 1 aliphatic rings. The van der Waals surface area contributed by atoms with Crippen molar-refractivity contribution in [2.75, 3.05) is 0 Å². The molecule has 0 aromatic carbocycles. The number of Topliss-reactive ketones (excluding diaryl/α,β-unsaturated/α-hetero) is 2. The molecule has 102 valence electrons. The summed E-state index contributed by atoms with van der Waals surface area (Å²) in [5, 5.41) is 0. The van der Waals surface area contributed by atoms with E-state index >= 15 is 0 Å². The smallest absolute Gasteiger partial charge is 0.144 e. The highest BCUT2D eigenvalue weighted by molar-refractivity contribution is 5.90. The fourth-order valence-corrected chi connectivity index (χ4v) is 3.17. The van der Waals surface area contributed by atoms with Crippen LogP contribution in [-0.2, 0) is 9.59 Å². The fourth-order valence-electron chi connectivity index (χ4n) is 3.17. The molecule has 0 unspecified atom stereocenters. The number of carbonyl (C=O) groups excluding carboxylic acids is 2. The van der Waals surface area contributed by atoms with E-state index in [1.807, 2.05) is 26.8 Å². The zero-order valence-electron chi connectivity index (χ0n) is 12.2. The maximum atomic E-state index is 12.7. The van der Waals surface area contributed by atoms with Crippen LogP contribution in [0, 0.1) is 16.7 Å². The second kappa shape index (κ2) is 5.38. The Morgan fingerprint density at radius 1 is 1.28 bits per heavy atom. The molecule has 0 bridgehead atoms. The molecule has 0 aliphatic heterocycles. The van der Waals surface area contributed by atoms with Crippen LogP contribution in [0.25, 0.3) is 0 Å². The van der Waals surface area contributed by atoms with E-state index in [0.717, 1.165) is 32.1 Å². The molecule has 0 heterocycles. The maximum absolute atomic E-state index is 12.7. The molecule has 2 nitrogen and oxygen atoms in total. The second-order valence-electron chi connectivity index (χ2n) is 6.74. The first-order valence-corrected chi connectivity index (χ1v) is 6.89. The van der Waals surface area contributed by atoms with E-state index < -0.39 is 0 Å². The SMILES string of the molecule is C=CCC1(C(=O)C(C)(C)C)CCC(C(C)=O)CC1. The highest BCUT2D eigenvalue weighted by Gasteiger charge is 2.45. The fraction of sp³-hybridized carbons (Fsp3) is 0.750. The number of ketones is 2. The third-order valence-electron chi connectivity index (χ3n) is 4.22.